The third kappa shape index (κ3) is 4.81. The monoisotopic (exact) mass is 307 g/mol. The zero-order chi connectivity index (χ0) is 15.3. The van der Waals surface area contributed by atoms with Crippen LogP contribution in [0.25, 0.3) is 0 Å². The number of benzene rings is 1. The molecular weight excluding hydrogens is 288 g/mol. The van der Waals surface area contributed by atoms with Gasteiger partial charge in [-0.2, -0.15) is 0 Å². The van der Waals surface area contributed by atoms with E-state index in [1.165, 1.54) is 11.0 Å². The van der Waals surface area contributed by atoms with E-state index in [0.29, 0.717) is 0 Å². The Hall–Kier alpha value is -1.05. The maximum atomic E-state index is 13.5. The second-order valence-corrected chi connectivity index (χ2v) is 7.12. The molecule has 0 saturated carbocycles. The van der Waals surface area contributed by atoms with Crippen molar-refractivity contribution in [3.05, 3.63) is 35.4 Å². The summed E-state index contributed by atoms with van der Waals surface area (Å²) in [5, 5.41) is 9.87. The summed E-state index contributed by atoms with van der Waals surface area (Å²) in [5.74, 6) is -1.63. The van der Waals surface area contributed by atoms with Crippen LogP contribution in [0.5, 0.6) is 0 Å². The van der Waals surface area contributed by atoms with E-state index in [9.17, 15) is 22.3 Å². The number of aliphatic hydroxyl groups excluding tert-OH is 1. The van der Waals surface area contributed by atoms with Gasteiger partial charge in [0, 0.05) is 18.8 Å². The fourth-order valence-electron chi connectivity index (χ4n) is 1.75. The summed E-state index contributed by atoms with van der Waals surface area (Å²) in [5.41, 5.74) is -0.391. The summed E-state index contributed by atoms with van der Waals surface area (Å²) < 4.78 is 49.7. The summed E-state index contributed by atoms with van der Waals surface area (Å²) in [6.45, 7) is 1.71. The summed E-state index contributed by atoms with van der Waals surface area (Å²) in [6, 6.07) is 3.37. The molecule has 0 heterocycles. The van der Waals surface area contributed by atoms with E-state index < -0.39 is 33.1 Å². The van der Waals surface area contributed by atoms with Crippen molar-refractivity contribution in [2.45, 2.75) is 13.0 Å². The third-order valence-corrected chi connectivity index (χ3v) is 4.73. The molecule has 0 aromatic heterocycles. The van der Waals surface area contributed by atoms with Crippen molar-refractivity contribution in [2.24, 2.45) is 0 Å². The molecule has 0 fully saturated rings. The summed E-state index contributed by atoms with van der Waals surface area (Å²) in [7, 11) is -1.51. The van der Waals surface area contributed by atoms with E-state index in [4.69, 9.17) is 0 Å². The van der Waals surface area contributed by atoms with Crippen molar-refractivity contribution >= 4 is 9.84 Å². The van der Waals surface area contributed by atoms with Crippen molar-refractivity contribution in [3.63, 3.8) is 0 Å². The van der Waals surface area contributed by atoms with Crippen LogP contribution in [-0.4, -0.2) is 50.1 Å². The predicted octanol–water partition coefficient (Wildman–Crippen LogP) is 1.36. The Kier molecular flexibility index (Phi) is 6.04. The Morgan fingerprint density at radius 1 is 1.30 bits per heavy atom. The third-order valence-electron chi connectivity index (χ3n) is 3.04. The van der Waals surface area contributed by atoms with Crippen LogP contribution in [0.2, 0.25) is 0 Å². The molecule has 20 heavy (non-hydrogen) atoms. The van der Waals surface area contributed by atoms with E-state index in [-0.39, 0.29) is 24.6 Å². The molecule has 1 aromatic carbocycles. The summed E-state index contributed by atoms with van der Waals surface area (Å²) in [4.78, 5) is 1.53. The van der Waals surface area contributed by atoms with Crippen LogP contribution in [0.3, 0.4) is 0 Å². The number of hydrogen-bond donors (Lipinski definition) is 1. The average molecular weight is 307 g/mol. The van der Waals surface area contributed by atoms with E-state index in [0.717, 1.165) is 12.1 Å². The molecule has 114 valence electrons. The minimum absolute atomic E-state index is 0.0446. The van der Waals surface area contributed by atoms with Gasteiger partial charge < -0.3 is 10.0 Å². The molecule has 0 aliphatic rings. The van der Waals surface area contributed by atoms with Crippen LogP contribution in [-0.2, 0) is 9.84 Å². The first-order valence-corrected chi connectivity index (χ1v) is 8.10. The van der Waals surface area contributed by atoms with Gasteiger partial charge in [0.05, 0.1) is 17.4 Å². The van der Waals surface area contributed by atoms with Crippen molar-refractivity contribution in [3.8, 4) is 0 Å². The lowest BCUT2D eigenvalue weighted by molar-refractivity contribution is 0.122. The fraction of sp³-hybridized carbons (Fsp3) is 0.538. The van der Waals surface area contributed by atoms with Crippen molar-refractivity contribution in [1.82, 2.24) is 4.90 Å². The number of rotatable bonds is 7. The van der Waals surface area contributed by atoms with Gasteiger partial charge in [-0.1, -0.05) is 13.0 Å². The van der Waals surface area contributed by atoms with Crippen LogP contribution in [0.15, 0.2) is 18.2 Å². The molecule has 1 N–H and O–H groups in total. The highest BCUT2D eigenvalue weighted by molar-refractivity contribution is 7.91. The average Bonchev–Trinajstić information content (AvgIpc) is 2.36. The molecule has 0 radical (unpaired) electrons. The second-order valence-electron chi connectivity index (χ2n) is 4.65. The zero-order valence-corrected chi connectivity index (χ0v) is 12.3. The fourth-order valence-corrected chi connectivity index (χ4v) is 2.62. The number of nitrogens with zero attached hydrogens (tertiary/aromatic N) is 1. The minimum Gasteiger partial charge on any atom is -0.387 e. The van der Waals surface area contributed by atoms with Crippen LogP contribution in [0, 0.1) is 11.6 Å². The molecule has 0 amide bonds. The molecule has 0 spiro atoms. The number of hydrogen-bond acceptors (Lipinski definition) is 4. The first kappa shape index (κ1) is 17.0. The predicted molar refractivity (Wildman–Crippen MR) is 73.1 cm³/mol. The highest BCUT2D eigenvalue weighted by Crippen LogP contribution is 2.21. The Bertz CT molecular complexity index is 528. The maximum absolute atomic E-state index is 13.5. The molecule has 0 saturated heterocycles. The molecule has 0 aliphatic carbocycles. The van der Waals surface area contributed by atoms with Crippen LogP contribution in [0.4, 0.5) is 8.78 Å². The van der Waals surface area contributed by atoms with Crippen molar-refractivity contribution in [1.29, 1.82) is 0 Å². The Labute approximate surface area is 117 Å². The molecule has 1 aromatic rings. The van der Waals surface area contributed by atoms with Crippen LogP contribution < -0.4 is 0 Å². The number of aliphatic hydroxyl groups is 1. The van der Waals surface area contributed by atoms with E-state index in [2.05, 4.69) is 0 Å². The molecule has 0 aliphatic heterocycles. The zero-order valence-electron chi connectivity index (χ0n) is 11.5. The number of sulfone groups is 1. The van der Waals surface area contributed by atoms with Crippen LogP contribution in [0.1, 0.15) is 18.6 Å². The van der Waals surface area contributed by atoms with Crippen molar-refractivity contribution < 1.29 is 22.3 Å². The lowest BCUT2D eigenvalue weighted by atomic mass is 10.1. The SMILES string of the molecule is CCS(=O)(=O)CCN(C)CC(O)c1c(F)cccc1F. The minimum atomic E-state index is -3.10. The normalized spacial score (nSPS) is 13.7. The summed E-state index contributed by atoms with van der Waals surface area (Å²) in [6.07, 6.45) is -1.34. The number of halogens is 2. The molecule has 0 bridgehead atoms. The summed E-state index contributed by atoms with van der Waals surface area (Å²) >= 11 is 0. The van der Waals surface area contributed by atoms with Gasteiger partial charge in [-0.15, -0.1) is 0 Å². The highest BCUT2D eigenvalue weighted by Gasteiger charge is 2.20. The van der Waals surface area contributed by atoms with Gasteiger partial charge in [-0.05, 0) is 19.2 Å². The Morgan fingerprint density at radius 3 is 2.35 bits per heavy atom. The standard InChI is InChI=1S/C13H19F2NO3S/c1-3-20(18,19)8-7-16(2)9-12(17)13-10(14)5-4-6-11(13)15/h4-6,12,17H,3,7-9H2,1-2H3. The number of likely N-dealkylation sites (N-methyl/N-ethyl adjacent to an activating group) is 1. The molecule has 7 heteroatoms. The molecular formula is C13H19F2NO3S. The van der Waals surface area contributed by atoms with E-state index >= 15 is 0 Å². The molecule has 1 rings (SSSR count). The quantitative estimate of drug-likeness (QED) is 0.826. The largest absolute Gasteiger partial charge is 0.387 e. The topological polar surface area (TPSA) is 57.6 Å². The molecule has 1 atom stereocenters. The first-order valence-electron chi connectivity index (χ1n) is 6.27. The van der Waals surface area contributed by atoms with Crippen molar-refractivity contribution in [2.75, 3.05) is 31.6 Å². The van der Waals surface area contributed by atoms with Gasteiger partial charge in [0.15, 0.2) is 9.84 Å². The van der Waals surface area contributed by atoms with Gasteiger partial charge in [-0.3, -0.25) is 0 Å². The van der Waals surface area contributed by atoms with Gasteiger partial charge >= 0.3 is 0 Å². The van der Waals surface area contributed by atoms with Gasteiger partial charge in [0.2, 0.25) is 0 Å². The van der Waals surface area contributed by atoms with Gasteiger partial charge in [0.25, 0.3) is 0 Å². The second kappa shape index (κ2) is 7.10. The van der Waals surface area contributed by atoms with Crippen LogP contribution >= 0.6 is 0 Å². The Morgan fingerprint density at radius 2 is 1.85 bits per heavy atom. The van der Waals surface area contributed by atoms with E-state index in [1.807, 2.05) is 0 Å². The smallest absolute Gasteiger partial charge is 0.151 e. The van der Waals surface area contributed by atoms with E-state index in [1.54, 1.807) is 14.0 Å². The maximum Gasteiger partial charge on any atom is 0.151 e. The first-order chi connectivity index (χ1) is 9.26. The Balaban J connectivity index is 2.64. The van der Waals surface area contributed by atoms with Gasteiger partial charge in [0.1, 0.15) is 11.6 Å². The highest BCUT2D eigenvalue weighted by atomic mass is 32.2. The lowest BCUT2D eigenvalue weighted by Crippen LogP contribution is -2.30. The van der Waals surface area contributed by atoms with Gasteiger partial charge in [-0.25, -0.2) is 17.2 Å². The lowest BCUT2D eigenvalue weighted by Gasteiger charge is -2.21. The molecule has 1 unspecified atom stereocenters. The molecule has 4 nitrogen and oxygen atoms in total.